The zero-order chi connectivity index (χ0) is 22.6. The maximum absolute atomic E-state index is 13.2. The maximum Gasteiger partial charge on any atom is 0.193 e. The number of carbonyl (C=O) groups is 2. The monoisotopic (exact) mass is 434 g/mol. The standard InChI is InChI=1S/C24H34O7/c1-20(2)30-18-11-15-13-5-10-23(29)19(28)16(26)7-9-21(23,3)14(13)6-8-22(15,4)24(18,31-20)17(27)12-25/h6,13,15,18-19,25,28-29H,5,7-12H2,1-4H3. The van der Waals surface area contributed by atoms with Gasteiger partial charge in [0.15, 0.2) is 23.0 Å². The fourth-order valence-corrected chi connectivity index (χ4v) is 8.11. The Morgan fingerprint density at radius 3 is 2.61 bits per heavy atom. The predicted molar refractivity (Wildman–Crippen MR) is 110 cm³/mol. The van der Waals surface area contributed by atoms with Gasteiger partial charge in [0, 0.05) is 17.3 Å². The van der Waals surface area contributed by atoms with Crippen molar-refractivity contribution < 1.29 is 34.4 Å². The van der Waals surface area contributed by atoms with E-state index in [1.165, 1.54) is 0 Å². The molecule has 0 aromatic carbocycles. The van der Waals surface area contributed by atoms with Gasteiger partial charge < -0.3 is 24.8 Å². The molecule has 0 amide bonds. The normalized spacial score (nSPS) is 52.6. The van der Waals surface area contributed by atoms with Gasteiger partial charge in [-0.15, -0.1) is 0 Å². The molecule has 5 aliphatic rings. The molecule has 7 nitrogen and oxygen atoms in total. The van der Waals surface area contributed by atoms with Crippen LogP contribution in [-0.2, 0) is 19.1 Å². The number of ketones is 2. The van der Waals surface area contributed by atoms with E-state index in [0.29, 0.717) is 32.1 Å². The number of hydrogen-bond acceptors (Lipinski definition) is 7. The number of hydrogen-bond donors (Lipinski definition) is 3. The Labute approximate surface area is 182 Å². The molecule has 7 heteroatoms. The van der Waals surface area contributed by atoms with Crippen LogP contribution in [0.4, 0.5) is 0 Å². The van der Waals surface area contributed by atoms with Crippen molar-refractivity contribution >= 4 is 11.6 Å². The van der Waals surface area contributed by atoms with Crippen LogP contribution in [-0.4, -0.2) is 62.7 Å². The summed E-state index contributed by atoms with van der Waals surface area (Å²) in [5, 5.41) is 31.9. The van der Waals surface area contributed by atoms with Gasteiger partial charge >= 0.3 is 0 Å². The molecule has 0 spiro atoms. The number of carbonyl (C=O) groups excluding carboxylic acids is 2. The van der Waals surface area contributed by atoms with Crippen molar-refractivity contribution in [3.8, 4) is 0 Å². The van der Waals surface area contributed by atoms with E-state index in [9.17, 15) is 24.9 Å². The highest BCUT2D eigenvalue weighted by Gasteiger charge is 2.75. The fourth-order valence-electron chi connectivity index (χ4n) is 8.11. The van der Waals surface area contributed by atoms with E-state index in [1.807, 2.05) is 20.8 Å². The molecule has 0 bridgehead atoms. The molecule has 1 heterocycles. The molecule has 8 unspecified atom stereocenters. The summed E-state index contributed by atoms with van der Waals surface area (Å²) in [5.41, 5.74) is -2.79. The maximum atomic E-state index is 13.2. The van der Waals surface area contributed by atoms with E-state index in [1.54, 1.807) is 0 Å². The average Bonchev–Trinajstić information content (AvgIpc) is 3.12. The van der Waals surface area contributed by atoms with Crippen LogP contribution in [0.3, 0.4) is 0 Å². The molecule has 31 heavy (non-hydrogen) atoms. The minimum atomic E-state index is -1.46. The number of fused-ring (bicyclic) bond motifs is 7. The van der Waals surface area contributed by atoms with Crippen molar-refractivity contribution in [2.75, 3.05) is 6.61 Å². The Bertz CT molecular complexity index is 879. The molecule has 0 aromatic heterocycles. The predicted octanol–water partition coefficient (Wildman–Crippen LogP) is 1.67. The summed E-state index contributed by atoms with van der Waals surface area (Å²) >= 11 is 0. The van der Waals surface area contributed by atoms with Gasteiger partial charge in [-0.3, -0.25) is 9.59 Å². The van der Waals surface area contributed by atoms with Crippen LogP contribution in [0.5, 0.6) is 0 Å². The summed E-state index contributed by atoms with van der Waals surface area (Å²) in [4.78, 5) is 25.4. The summed E-state index contributed by atoms with van der Waals surface area (Å²) in [5.74, 6) is -1.33. The van der Waals surface area contributed by atoms with Crippen molar-refractivity contribution in [3.63, 3.8) is 0 Å². The van der Waals surface area contributed by atoms with Crippen molar-refractivity contribution in [2.45, 2.75) is 95.4 Å². The number of ether oxygens (including phenoxy) is 2. The number of aliphatic hydroxyl groups excluding tert-OH is 2. The van der Waals surface area contributed by atoms with Crippen molar-refractivity contribution in [3.05, 3.63) is 11.6 Å². The molecule has 4 fully saturated rings. The summed E-state index contributed by atoms with van der Waals surface area (Å²) in [6, 6.07) is 0. The SMILES string of the molecule is CC1(C)OC2CC3C4CCC5(O)C(O)C(=O)CCC5(C)C4=CCC3(C)C2(C(=O)CO)O1. The highest BCUT2D eigenvalue weighted by atomic mass is 16.8. The van der Waals surface area contributed by atoms with Crippen LogP contribution in [0.15, 0.2) is 11.6 Å². The second-order valence-electron chi connectivity index (χ2n) is 11.3. The van der Waals surface area contributed by atoms with E-state index < -0.39 is 46.6 Å². The molecule has 1 aliphatic heterocycles. The van der Waals surface area contributed by atoms with Gasteiger partial charge in [0.1, 0.15) is 18.3 Å². The number of Topliss-reactive ketones (excluding diaryl/α,β-unsaturated/α-hetero) is 2. The van der Waals surface area contributed by atoms with Gasteiger partial charge in [0.25, 0.3) is 0 Å². The third kappa shape index (κ3) is 2.37. The van der Waals surface area contributed by atoms with E-state index in [-0.39, 0.29) is 29.8 Å². The summed E-state index contributed by atoms with van der Waals surface area (Å²) in [6.45, 7) is 7.07. The Kier molecular flexibility index (Phi) is 4.38. The second kappa shape index (κ2) is 6.26. The molecular weight excluding hydrogens is 400 g/mol. The molecule has 5 rings (SSSR count). The number of aliphatic hydroxyl groups is 3. The Morgan fingerprint density at radius 1 is 1.23 bits per heavy atom. The number of rotatable bonds is 2. The van der Waals surface area contributed by atoms with Crippen LogP contribution >= 0.6 is 0 Å². The van der Waals surface area contributed by atoms with Gasteiger partial charge in [-0.05, 0) is 57.8 Å². The minimum Gasteiger partial charge on any atom is -0.388 e. The van der Waals surface area contributed by atoms with Crippen LogP contribution in [0.1, 0.15) is 66.2 Å². The van der Waals surface area contributed by atoms with Crippen LogP contribution in [0.2, 0.25) is 0 Å². The van der Waals surface area contributed by atoms with Crippen LogP contribution in [0, 0.1) is 22.7 Å². The first kappa shape index (κ1) is 21.7. The van der Waals surface area contributed by atoms with Crippen LogP contribution in [0.25, 0.3) is 0 Å². The lowest BCUT2D eigenvalue weighted by Gasteiger charge is -2.60. The Morgan fingerprint density at radius 2 is 1.94 bits per heavy atom. The van der Waals surface area contributed by atoms with E-state index in [4.69, 9.17) is 9.47 Å². The minimum absolute atomic E-state index is 0.0836. The smallest absolute Gasteiger partial charge is 0.193 e. The van der Waals surface area contributed by atoms with Gasteiger partial charge in [0.2, 0.25) is 0 Å². The van der Waals surface area contributed by atoms with E-state index >= 15 is 0 Å². The summed E-state index contributed by atoms with van der Waals surface area (Å²) in [7, 11) is 0. The molecule has 0 aromatic rings. The lowest BCUT2D eigenvalue weighted by atomic mass is 9.46. The highest BCUT2D eigenvalue weighted by molar-refractivity contribution is 5.91. The van der Waals surface area contributed by atoms with Crippen molar-refractivity contribution in [2.24, 2.45) is 22.7 Å². The van der Waals surface area contributed by atoms with Crippen molar-refractivity contribution in [1.29, 1.82) is 0 Å². The summed E-state index contributed by atoms with van der Waals surface area (Å²) < 4.78 is 12.6. The number of allylic oxidation sites excluding steroid dienone is 1. The first-order valence-corrected chi connectivity index (χ1v) is 11.5. The molecule has 1 saturated heterocycles. The molecule has 3 saturated carbocycles. The molecule has 172 valence electrons. The largest absolute Gasteiger partial charge is 0.388 e. The average molecular weight is 435 g/mol. The zero-order valence-corrected chi connectivity index (χ0v) is 18.8. The fraction of sp³-hybridized carbons (Fsp3) is 0.833. The molecule has 8 atom stereocenters. The quantitative estimate of drug-likeness (QED) is 0.567. The van der Waals surface area contributed by atoms with E-state index in [2.05, 4.69) is 13.0 Å². The second-order valence-corrected chi connectivity index (χ2v) is 11.3. The lowest BCUT2D eigenvalue weighted by Crippen LogP contribution is -2.66. The lowest BCUT2D eigenvalue weighted by molar-refractivity contribution is -0.212. The van der Waals surface area contributed by atoms with Crippen molar-refractivity contribution in [1.82, 2.24) is 0 Å². The third-order valence-electron chi connectivity index (χ3n) is 9.67. The Balaban J connectivity index is 1.60. The van der Waals surface area contributed by atoms with Crippen LogP contribution < -0.4 is 0 Å². The Hall–Kier alpha value is -1.12. The molecular formula is C24H34O7. The molecule has 3 N–H and O–H groups in total. The van der Waals surface area contributed by atoms with E-state index in [0.717, 1.165) is 5.57 Å². The molecule has 0 radical (unpaired) electrons. The third-order valence-corrected chi connectivity index (χ3v) is 9.67. The van der Waals surface area contributed by atoms with Gasteiger partial charge in [-0.2, -0.15) is 0 Å². The zero-order valence-electron chi connectivity index (χ0n) is 18.8. The first-order chi connectivity index (χ1) is 14.4. The van der Waals surface area contributed by atoms with Gasteiger partial charge in [-0.25, -0.2) is 0 Å². The van der Waals surface area contributed by atoms with Gasteiger partial charge in [0.05, 0.1) is 6.10 Å². The first-order valence-electron chi connectivity index (χ1n) is 11.5. The van der Waals surface area contributed by atoms with Gasteiger partial charge in [-0.1, -0.05) is 25.5 Å². The highest BCUT2D eigenvalue weighted by Crippen LogP contribution is 2.70. The summed E-state index contributed by atoms with van der Waals surface area (Å²) in [6.07, 6.45) is 3.25. The molecule has 4 aliphatic carbocycles. The topological polar surface area (TPSA) is 113 Å².